The number of imide groups is 1. The topological polar surface area (TPSA) is 150 Å². The third kappa shape index (κ3) is 6.09. The van der Waals surface area contributed by atoms with E-state index in [2.05, 4.69) is 17.4 Å². The number of nitrogens with two attached hydrogens (primary N) is 1. The van der Waals surface area contributed by atoms with E-state index in [-0.39, 0.29) is 36.1 Å². The van der Waals surface area contributed by atoms with Gasteiger partial charge in [0.05, 0.1) is 0 Å². The highest BCUT2D eigenvalue weighted by molar-refractivity contribution is 6.07. The Morgan fingerprint density at radius 3 is 2.22 bits per heavy atom. The summed E-state index contributed by atoms with van der Waals surface area (Å²) in [6.45, 7) is 1.88. The predicted molar refractivity (Wildman–Crippen MR) is 138 cm³/mol. The van der Waals surface area contributed by atoms with E-state index in [4.69, 9.17) is 15.6 Å². The van der Waals surface area contributed by atoms with Crippen LogP contribution in [-0.2, 0) is 26.3 Å². The van der Waals surface area contributed by atoms with Crippen LogP contribution in [0.25, 0.3) is 0 Å². The first-order valence-corrected chi connectivity index (χ1v) is 13.0. The van der Waals surface area contributed by atoms with Crippen molar-refractivity contribution < 1.29 is 42.3 Å². The van der Waals surface area contributed by atoms with Crippen LogP contribution in [0.3, 0.4) is 0 Å². The number of benzene rings is 2. The van der Waals surface area contributed by atoms with Crippen molar-refractivity contribution in [2.75, 3.05) is 19.6 Å². The molecule has 3 heterocycles. The number of alkyl halides is 3. The number of likely N-dealkylation sites (tertiary alicyclic amines) is 1. The van der Waals surface area contributed by atoms with Crippen molar-refractivity contribution >= 4 is 29.6 Å². The summed E-state index contributed by atoms with van der Waals surface area (Å²) in [5.74, 6) is -3.92. The van der Waals surface area contributed by atoms with Crippen LogP contribution in [0.2, 0.25) is 0 Å². The molecule has 10 nitrogen and oxygen atoms in total. The largest absolute Gasteiger partial charge is 0.490 e. The van der Waals surface area contributed by atoms with E-state index < -0.39 is 24.1 Å². The summed E-state index contributed by atoms with van der Waals surface area (Å²) in [6, 6.07) is 14.7. The third-order valence-corrected chi connectivity index (χ3v) is 7.84. The Hall–Kier alpha value is -4.26. The van der Waals surface area contributed by atoms with Crippen LogP contribution >= 0.6 is 0 Å². The molecule has 0 saturated carbocycles. The van der Waals surface area contributed by atoms with Gasteiger partial charge in [-0.05, 0) is 42.5 Å². The van der Waals surface area contributed by atoms with Crippen molar-refractivity contribution in [2.24, 2.45) is 5.73 Å². The smallest absolute Gasteiger partial charge is 0.475 e. The minimum atomic E-state index is -5.08. The van der Waals surface area contributed by atoms with Gasteiger partial charge in [-0.1, -0.05) is 36.4 Å². The summed E-state index contributed by atoms with van der Waals surface area (Å²) in [4.78, 5) is 62.7. The number of piperidine rings is 2. The Morgan fingerprint density at radius 2 is 1.66 bits per heavy atom. The lowest BCUT2D eigenvalue weighted by molar-refractivity contribution is -0.192. The number of amides is 4. The minimum absolute atomic E-state index is 0.103. The van der Waals surface area contributed by atoms with Gasteiger partial charge < -0.3 is 20.6 Å². The second kappa shape index (κ2) is 11.7. The van der Waals surface area contributed by atoms with Gasteiger partial charge >= 0.3 is 12.1 Å². The lowest BCUT2D eigenvalue weighted by atomic mass is 9.73. The number of fused-ring (bicyclic) bond motifs is 1. The van der Waals surface area contributed by atoms with E-state index in [0.29, 0.717) is 42.7 Å². The molecular weight excluding hydrogens is 545 g/mol. The molecule has 0 aromatic heterocycles. The van der Waals surface area contributed by atoms with Crippen LogP contribution < -0.4 is 11.1 Å². The zero-order valence-corrected chi connectivity index (χ0v) is 21.9. The van der Waals surface area contributed by atoms with Crippen LogP contribution in [0.15, 0.2) is 48.5 Å². The van der Waals surface area contributed by atoms with E-state index in [1.165, 1.54) is 10.5 Å². The van der Waals surface area contributed by atoms with E-state index >= 15 is 0 Å². The maximum Gasteiger partial charge on any atom is 0.490 e. The van der Waals surface area contributed by atoms with Crippen LogP contribution in [0, 0.1) is 0 Å². The molecule has 4 N–H and O–H groups in total. The zero-order chi connectivity index (χ0) is 29.9. The molecule has 2 aromatic rings. The summed E-state index contributed by atoms with van der Waals surface area (Å²) in [6.07, 6.45) is -3.05. The molecule has 41 heavy (non-hydrogen) atoms. The Morgan fingerprint density at radius 1 is 1.02 bits per heavy atom. The van der Waals surface area contributed by atoms with Gasteiger partial charge in [0.1, 0.15) is 6.04 Å². The standard InChI is InChI=1S/C26H28N4O4.C2HF3O2/c27-16-26(17-5-2-1-3-6-17)11-13-29(14-12-26)24(33)18-7-4-8-19-20(18)15-30(25(19)34)21-9-10-22(31)28-23(21)32;3-2(4,5)1(6)7/h1-8,21H,9-16,27H2,(H,28,31,32);(H,6,7). The number of hydrogen-bond acceptors (Lipinski definition) is 6. The number of carboxylic acids is 1. The summed E-state index contributed by atoms with van der Waals surface area (Å²) in [7, 11) is 0. The molecule has 1 unspecified atom stereocenters. The predicted octanol–water partition coefficient (Wildman–Crippen LogP) is 2.21. The van der Waals surface area contributed by atoms with Gasteiger partial charge in [0.25, 0.3) is 11.8 Å². The maximum atomic E-state index is 13.5. The molecule has 3 aliphatic heterocycles. The molecule has 0 radical (unpaired) electrons. The van der Waals surface area contributed by atoms with Crippen molar-refractivity contribution in [3.8, 4) is 0 Å². The molecule has 4 amide bonds. The van der Waals surface area contributed by atoms with Crippen LogP contribution in [0.1, 0.15) is 57.5 Å². The molecule has 3 aliphatic rings. The zero-order valence-electron chi connectivity index (χ0n) is 21.9. The van der Waals surface area contributed by atoms with Crippen LogP contribution in [0.4, 0.5) is 13.2 Å². The highest BCUT2D eigenvalue weighted by Gasteiger charge is 2.42. The minimum Gasteiger partial charge on any atom is -0.475 e. The molecule has 0 bridgehead atoms. The number of hydrogen-bond donors (Lipinski definition) is 3. The molecule has 0 spiro atoms. The van der Waals surface area contributed by atoms with Crippen LogP contribution in [0.5, 0.6) is 0 Å². The molecule has 0 aliphatic carbocycles. The van der Waals surface area contributed by atoms with Crippen molar-refractivity contribution in [1.82, 2.24) is 15.1 Å². The van der Waals surface area contributed by atoms with Gasteiger partial charge in [-0.2, -0.15) is 13.2 Å². The molecule has 218 valence electrons. The Kier molecular flexibility index (Phi) is 8.47. The average molecular weight is 575 g/mol. The summed E-state index contributed by atoms with van der Waals surface area (Å²) in [5.41, 5.74) is 8.86. The van der Waals surface area contributed by atoms with Gasteiger partial charge in [0, 0.05) is 49.1 Å². The maximum absolute atomic E-state index is 13.5. The van der Waals surface area contributed by atoms with Crippen molar-refractivity contribution in [2.45, 2.75) is 49.9 Å². The van der Waals surface area contributed by atoms with Crippen molar-refractivity contribution in [3.63, 3.8) is 0 Å². The van der Waals surface area contributed by atoms with Gasteiger partial charge in [-0.25, -0.2) is 4.79 Å². The highest BCUT2D eigenvalue weighted by atomic mass is 19.4. The fraction of sp³-hybridized carbons (Fsp3) is 0.393. The van der Waals surface area contributed by atoms with E-state index in [0.717, 1.165) is 12.8 Å². The van der Waals surface area contributed by atoms with Gasteiger partial charge in [0.2, 0.25) is 11.8 Å². The van der Waals surface area contributed by atoms with Crippen molar-refractivity contribution in [3.05, 3.63) is 70.8 Å². The summed E-state index contributed by atoms with van der Waals surface area (Å²) in [5, 5.41) is 9.44. The van der Waals surface area contributed by atoms with E-state index in [1.54, 1.807) is 18.2 Å². The summed E-state index contributed by atoms with van der Waals surface area (Å²) < 4.78 is 31.7. The molecule has 2 saturated heterocycles. The lowest BCUT2D eigenvalue weighted by Crippen LogP contribution is -2.52. The SMILES string of the molecule is NCC1(c2ccccc2)CCN(C(=O)c2cccc3c2CN(C2CCC(=O)NC2=O)C3=O)CC1.O=C(O)C(F)(F)F. The number of rotatable bonds is 4. The third-order valence-electron chi connectivity index (χ3n) is 7.84. The number of nitrogens with zero attached hydrogens (tertiary/aromatic N) is 2. The molecule has 5 rings (SSSR count). The van der Waals surface area contributed by atoms with Crippen LogP contribution in [-0.4, -0.2) is 76.4 Å². The molecule has 13 heteroatoms. The number of halogens is 3. The highest BCUT2D eigenvalue weighted by Crippen LogP contribution is 2.36. The number of aliphatic carboxylic acids is 1. The molecule has 1 atom stereocenters. The van der Waals surface area contributed by atoms with Gasteiger partial charge in [0.15, 0.2) is 0 Å². The molecular formula is C28H29F3N4O6. The van der Waals surface area contributed by atoms with Gasteiger partial charge in [-0.15, -0.1) is 0 Å². The fourth-order valence-electron chi connectivity index (χ4n) is 5.50. The average Bonchev–Trinajstić information content (AvgIpc) is 3.29. The number of nitrogens with one attached hydrogen (secondary N) is 1. The summed E-state index contributed by atoms with van der Waals surface area (Å²) >= 11 is 0. The van der Waals surface area contributed by atoms with Gasteiger partial charge in [-0.3, -0.25) is 24.5 Å². The first kappa shape index (κ1) is 29.7. The molecule has 2 fully saturated rings. The first-order chi connectivity index (χ1) is 19.4. The number of carboxylic acid groups (broad SMARTS) is 1. The first-order valence-electron chi connectivity index (χ1n) is 13.0. The Balaban J connectivity index is 0.000000493. The molecule has 2 aromatic carbocycles. The monoisotopic (exact) mass is 574 g/mol. The number of carbonyl (C=O) groups is 5. The number of carbonyl (C=O) groups excluding carboxylic acids is 4. The quantitative estimate of drug-likeness (QED) is 0.474. The Labute approximate surface area is 233 Å². The fourth-order valence-corrected chi connectivity index (χ4v) is 5.50. The van der Waals surface area contributed by atoms with E-state index in [1.807, 2.05) is 23.1 Å². The van der Waals surface area contributed by atoms with Crippen molar-refractivity contribution in [1.29, 1.82) is 0 Å². The van der Waals surface area contributed by atoms with E-state index in [9.17, 15) is 32.3 Å². The normalized spacial score (nSPS) is 20.1. The second-order valence-corrected chi connectivity index (χ2v) is 10.2. The lowest BCUT2D eigenvalue weighted by Gasteiger charge is -2.41. The Bertz CT molecular complexity index is 1360. The second-order valence-electron chi connectivity index (χ2n) is 10.2.